The molecule has 0 N–H and O–H groups in total. The lowest BCUT2D eigenvalue weighted by molar-refractivity contribution is 0.811. The molecule has 0 saturated carbocycles. The van der Waals surface area contributed by atoms with E-state index in [9.17, 15) is 0 Å². The number of nitrogens with zero attached hydrogens (tertiary/aromatic N) is 2. The van der Waals surface area contributed by atoms with Crippen molar-refractivity contribution < 1.29 is 0 Å². The first-order valence-electron chi connectivity index (χ1n) is 20.8. The van der Waals surface area contributed by atoms with Gasteiger partial charge in [0.2, 0.25) is 0 Å². The summed E-state index contributed by atoms with van der Waals surface area (Å²) in [6.07, 6.45) is 0. The Kier molecular flexibility index (Phi) is 7.59. The van der Waals surface area contributed by atoms with Gasteiger partial charge in [0.15, 0.2) is 0 Å². The maximum absolute atomic E-state index is 2.49. The van der Waals surface area contributed by atoms with Crippen molar-refractivity contribution in [3.8, 4) is 22.3 Å². The number of hydrogen-bond acceptors (Lipinski definition) is 4. The molecular weight excluding hydrogens is 777 g/mol. The second-order valence-corrected chi connectivity index (χ2v) is 18.1. The lowest BCUT2D eigenvalue weighted by Gasteiger charge is -2.32. The number of fused-ring (bicyclic) bond motifs is 15. The lowest BCUT2D eigenvalue weighted by atomic mass is 9.73. The van der Waals surface area contributed by atoms with E-state index < -0.39 is 5.41 Å². The largest absolute Gasteiger partial charge is 0.310 e. The maximum Gasteiger partial charge on any atom is 0.0821 e. The monoisotopic (exact) mass is 812 g/mol. The van der Waals surface area contributed by atoms with Crippen LogP contribution in [-0.4, -0.2) is 0 Å². The second-order valence-electron chi connectivity index (χ2n) is 16.0. The summed E-state index contributed by atoms with van der Waals surface area (Å²) in [6.45, 7) is 0. The summed E-state index contributed by atoms with van der Waals surface area (Å²) in [5, 5.41) is 3.89. The molecule has 0 fully saturated rings. The van der Waals surface area contributed by atoms with E-state index >= 15 is 0 Å². The van der Waals surface area contributed by atoms with Gasteiger partial charge in [-0.25, -0.2) is 0 Å². The van der Waals surface area contributed by atoms with Crippen molar-refractivity contribution >= 4 is 87.1 Å². The average Bonchev–Trinajstić information content (AvgIpc) is 4.05. The number of thiophene rings is 2. The van der Waals surface area contributed by atoms with E-state index in [1.54, 1.807) is 0 Å². The third kappa shape index (κ3) is 4.89. The SMILES string of the molecule is c1ccc(N(c2ccc3sc4ccccc4c3c2)c2cccc3c2-c2ccccc2C32c3cccc(N(c4ccccc4)c4ccccc4)c3-c3c2sc2ccccc32)cc1. The minimum absolute atomic E-state index is 0.540. The molecule has 1 spiro atoms. The molecule has 61 heavy (non-hydrogen) atoms. The Morgan fingerprint density at radius 2 is 0.803 bits per heavy atom. The van der Waals surface area contributed by atoms with E-state index in [0.29, 0.717) is 0 Å². The fraction of sp³-hybridized carbons (Fsp3) is 0.0175. The van der Waals surface area contributed by atoms with E-state index in [2.05, 4.69) is 228 Å². The molecule has 0 amide bonds. The first-order chi connectivity index (χ1) is 30.3. The predicted octanol–water partition coefficient (Wildman–Crippen LogP) is 16.6. The molecule has 11 aromatic rings. The molecule has 2 heterocycles. The average molecular weight is 813 g/mol. The number of hydrogen-bond donors (Lipinski definition) is 0. The normalized spacial score (nSPS) is 14.6. The summed E-state index contributed by atoms with van der Waals surface area (Å²) in [4.78, 5) is 6.33. The quantitative estimate of drug-likeness (QED) is 0.165. The second kappa shape index (κ2) is 13.4. The summed E-state index contributed by atoms with van der Waals surface area (Å²) in [5.41, 5.74) is 15.5. The number of para-hydroxylation sites is 3. The Hall–Kier alpha value is -7.24. The molecule has 1 atom stereocenters. The predicted molar refractivity (Wildman–Crippen MR) is 260 cm³/mol. The van der Waals surface area contributed by atoms with Crippen LogP contribution in [0, 0.1) is 0 Å². The number of anilines is 6. The van der Waals surface area contributed by atoms with E-state index in [1.807, 2.05) is 22.7 Å². The Morgan fingerprint density at radius 1 is 0.311 bits per heavy atom. The minimum atomic E-state index is -0.540. The van der Waals surface area contributed by atoms with Crippen molar-refractivity contribution in [1.82, 2.24) is 0 Å². The molecule has 2 nitrogen and oxygen atoms in total. The highest BCUT2D eigenvalue weighted by molar-refractivity contribution is 7.25. The minimum Gasteiger partial charge on any atom is -0.310 e. The fourth-order valence-corrected chi connectivity index (χ4v) is 13.0. The molecule has 1 unspecified atom stereocenters. The van der Waals surface area contributed by atoms with E-state index in [-0.39, 0.29) is 0 Å². The van der Waals surface area contributed by atoms with Crippen LogP contribution in [0.2, 0.25) is 0 Å². The van der Waals surface area contributed by atoms with E-state index in [1.165, 1.54) is 85.5 Å². The Morgan fingerprint density at radius 3 is 1.48 bits per heavy atom. The first-order valence-corrected chi connectivity index (χ1v) is 22.5. The smallest absolute Gasteiger partial charge is 0.0821 e. The summed E-state index contributed by atoms with van der Waals surface area (Å²) in [6, 6.07) is 80.7. The van der Waals surface area contributed by atoms with Crippen molar-refractivity contribution in [3.05, 3.63) is 240 Å². The molecule has 9 aromatic carbocycles. The zero-order chi connectivity index (χ0) is 40.1. The zero-order valence-corrected chi connectivity index (χ0v) is 34.6. The molecule has 0 aliphatic heterocycles. The van der Waals surface area contributed by atoms with Gasteiger partial charge in [0.05, 0.1) is 16.8 Å². The highest BCUT2D eigenvalue weighted by Gasteiger charge is 2.55. The van der Waals surface area contributed by atoms with Crippen LogP contribution >= 0.6 is 22.7 Å². The third-order valence-electron chi connectivity index (χ3n) is 12.8. The van der Waals surface area contributed by atoms with Crippen LogP contribution in [0.5, 0.6) is 0 Å². The van der Waals surface area contributed by atoms with Crippen molar-refractivity contribution in [2.24, 2.45) is 0 Å². The first kappa shape index (κ1) is 34.6. The molecule has 286 valence electrons. The Labute approximate surface area is 362 Å². The summed E-state index contributed by atoms with van der Waals surface area (Å²) < 4.78 is 3.92. The molecule has 2 aliphatic carbocycles. The van der Waals surface area contributed by atoms with Crippen LogP contribution in [-0.2, 0) is 5.41 Å². The Bertz CT molecular complexity index is 3460. The van der Waals surface area contributed by atoms with Crippen molar-refractivity contribution in [1.29, 1.82) is 0 Å². The van der Waals surface area contributed by atoms with Crippen molar-refractivity contribution in [3.63, 3.8) is 0 Å². The van der Waals surface area contributed by atoms with Crippen LogP contribution in [0.25, 0.3) is 52.5 Å². The Balaban J connectivity index is 1.13. The fourth-order valence-electron chi connectivity index (χ4n) is 10.5. The van der Waals surface area contributed by atoms with Gasteiger partial charge in [-0.05, 0) is 101 Å². The molecule has 2 aromatic heterocycles. The van der Waals surface area contributed by atoms with Crippen molar-refractivity contribution in [2.75, 3.05) is 9.80 Å². The lowest BCUT2D eigenvalue weighted by Crippen LogP contribution is -2.25. The van der Waals surface area contributed by atoms with Gasteiger partial charge in [-0.15, -0.1) is 22.7 Å². The van der Waals surface area contributed by atoms with Gasteiger partial charge in [-0.3, -0.25) is 0 Å². The highest BCUT2D eigenvalue weighted by Crippen LogP contribution is 2.69. The molecule has 0 saturated heterocycles. The standard InChI is InChI=1S/C57H36N2S2/c1-4-18-37(19-5-1)58(38-20-6-2-7-21-38)49-31-17-29-47-55(49)54-43-26-12-15-33-51(43)61-56(54)57(47)45-27-13-10-25-42(45)53-46(57)28-16-30-48(53)59(39-22-8-3-9-23-39)40-34-35-52-44(36-40)41-24-11-14-32-50(41)60-52/h1-36H. The molecule has 4 heteroatoms. The van der Waals surface area contributed by atoms with Crippen molar-refractivity contribution in [2.45, 2.75) is 5.41 Å². The van der Waals surface area contributed by atoms with Gasteiger partial charge in [-0.2, -0.15) is 0 Å². The topological polar surface area (TPSA) is 6.48 Å². The van der Waals surface area contributed by atoms with Gasteiger partial charge < -0.3 is 9.80 Å². The summed E-state index contributed by atoms with van der Waals surface area (Å²) in [7, 11) is 0. The summed E-state index contributed by atoms with van der Waals surface area (Å²) >= 11 is 3.82. The zero-order valence-electron chi connectivity index (χ0n) is 33.0. The van der Waals surface area contributed by atoms with Crippen LogP contribution in [0.1, 0.15) is 21.6 Å². The third-order valence-corrected chi connectivity index (χ3v) is 15.3. The molecule has 13 rings (SSSR count). The molecular formula is C57H36N2S2. The maximum atomic E-state index is 2.49. The van der Waals surface area contributed by atoms with E-state index in [0.717, 1.165) is 22.7 Å². The van der Waals surface area contributed by atoms with Crippen LogP contribution in [0.3, 0.4) is 0 Å². The van der Waals surface area contributed by atoms with Gasteiger partial charge >= 0.3 is 0 Å². The highest BCUT2D eigenvalue weighted by atomic mass is 32.1. The molecule has 0 bridgehead atoms. The van der Waals surface area contributed by atoms with Gasteiger partial charge in [0, 0.05) is 74.6 Å². The summed E-state index contributed by atoms with van der Waals surface area (Å²) in [5.74, 6) is 0. The van der Waals surface area contributed by atoms with Gasteiger partial charge in [0.25, 0.3) is 0 Å². The van der Waals surface area contributed by atoms with E-state index in [4.69, 9.17) is 0 Å². The number of rotatable bonds is 6. The van der Waals surface area contributed by atoms with Gasteiger partial charge in [-0.1, -0.05) is 140 Å². The van der Waals surface area contributed by atoms with Gasteiger partial charge in [0.1, 0.15) is 0 Å². The number of benzene rings is 9. The molecule has 0 radical (unpaired) electrons. The van der Waals surface area contributed by atoms with Crippen LogP contribution in [0.4, 0.5) is 34.1 Å². The van der Waals surface area contributed by atoms with Crippen LogP contribution < -0.4 is 9.80 Å². The molecule has 2 aliphatic rings. The van der Waals surface area contributed by atoms with Crippen LogP contribution in [0.15, 0.2) is 218 Å².